The Balaban J connectivity index is 2.05. The van der Waals surface area contributed by atoms with Crippen LogP contribution in [-0.2, 0) is 0 Å². The van der Waals surface area contributed by atoms with Crippen LogP contribution in [0.5, 0.6) is 0 Å². The average Bonchev–Trinajstić information content (AvgIpc) is 2.50. The molecule has 2 rings (SSSR count). The number of anilines is 1. The number of hydrazone groups is 1. The molecule has 0 radical (unpaired) electrons. The van der Waals surface area contributed by atoms with Gasteiger partial charge in [-0.3, -0.25) is 5.43 Å². The lowest BCUT2D eigenvalue weighted by atomic mass is 10.1. The van der Waals surface area contributed by atoms with Gasteiger partial charge >= 0.3 is 0 Å². The summed E-state index contributed by atoms with van der Waals surface area (Å²) < 4.78 is 1.01. The first-order valence-corrected chi connectivity index (χ1v) is 8.11. The predicted molar refractivity (Wildman–Crippen MR) is 102 cm³/mol. The van der Waals surface area contributed by atoms with E-state index in [1.165, 1.54) is 11.1 Å². The van der Waals surface area contributed by atoms with Crippen molar-refractivity contribution in [2.75, 3.05) is 5.32 Å². The monoisotopic (exact) mass is 375 g/mol. The molecule has 2 N–H and O–H groups in total. The zero-order valence-corrected chi connectivity index (χ0v) is 15.2. The van der Waals surface area contributed by atoms with Crippen molar-refractivity contribution >= 4 is 44.7 Å². The minimum Gasteiger partial charge on any atom is -0.331 e. The topological polar surface area (TPSA) is 36.4 Å². The van der Waals surface area contributed by atoms with E-state index in [-0.39, 0.29) is 0 Å². The first-order valence-electron chi connectivity index (χ1n) is 6.91. The lowest BCUT2D eigenvalue weighted by Crippen LogP contribution is -2.25. The Morgan fingerprint density at radius 2 is 1.82 bits per heavy atom. The average molecular weight is 376 g/mol. The third kappa shape index (κ3) is 4.15. The first-order chi connectivity index (χ1) is 10.5. The SMILES string of the molecule is CC(=NNC(=S)Nc1cccc(C)c1C)c1ccccc1Br. The molecule has 0 atom stereocenters. The third-order valence-corrected chi connectivity index (χ3v) is 4.33. The van der Waals surface area contributed by atoms with Crippen LogP contribution in [-0.4, -0.2) is 10.8 Å². The van der Waals surface area contributed by atoms with Gasteiger partial charge in [0.2, 0.25) is 0 Å². The summed E-state index contributed by atoms with van der Waals surface area (Å²) in [7, 11) is 0. The number of nitrogens with one attached hydrogen (secondary N) is 2. The van der Waals surface area contributed by atoms with Gasteiger partial charge in [-0.15, -0.1) is 0 Å². The van der Waals surface area contributed by atoms with E-state index in [1.807, 2.05) is 43.3 Å². The molecule has 2 aromatic carbocycles. The normalized spacial score (nSPS) is 11.2. The summed E-state index contributed by atoms with van der Waals surface area (Å²) in [6.45, 7) is 6.08. The van der Waals surface area contributed by atoms with Gasteiger partial charge in [0.25, 0.3) is 0 Å². The Morgan fingerprint density at radius 3 is 2.55 bits per heavy atom. The van der Waals surface area contributed by atoms with Crippen molar-refractivity contribution < 1.29 is 0 Å². The Hall–Kier alpha value is -1.72. The van der Waals surface area contributed by atoms with E-state index in [0.717, 1.165) is 21.4 Å². The minimum atomic E-state index is 0.472. The van der Waals surface area contributed by atoms with Gasteiger partial charge < -0.3 is 5.32 Å². The third-order valence-electron chi connectivity index (χ3n) is 3.44. The van der Waals surface area contributed by atoms with Crippen LogP contribution in [0.15, 0.2) is 52.0 Å². The van der Waals surface area contributed by atoms with E-state index in [1.54, 1.807) is 0 Å². The Kier molecular flexibility index (Phi) is 5.69. The van der Waals surface area contributed by atoms with Crippen LogP contribution in [0.2, 0.25) is 0 Å². The highest BCUT2D eigenvalue weighted by Crippen LogP contribution is 2.18. The fourth-order valence-corrected chi connectivity index (χ4v) is 2.71. The van der Waals surface area contributed by atoms with Gasteiger partial charge in [0.1, 0.15) is 0 Å². The maximum atomic E-state index is 5.30. The van der Waals surface area contributed by atoms with E-state index in [0.29, 0.717) is 5.11 Å². The molecule has 0 saturated heterocycles. The van der Waals surface area contributed by atoms with Gasteiger partial charge in [0.05, 0.1) is 5.71 Å². The fraction of sp³-hybridized carbons (Fsp3) is 0.176. The highest BCUT2D eigenvalue weighted by molar-refractivity contribution is 9.10. The van der Waals surface area contributed by atoms with Crippen molar-refractivity contribution in [3.63, 3.8) is 0 Å². The number of nitrogens with zero attached hydrogens (tertiary/aromatic N) is 1. The molecular weight excluding hydrogens is 358 g/mol. The van der Waals surface area contributed by atoms with Crippen LogP contribution in [0.1, 0.15) is 23.6 Å². The number of halogens is 1. The zero-order valence-electron chi connectivity index (χ0n) is 12.8. The van der Waals surface area contributed by atoms with Crippen molar-refractivity contribution in [2.24, 2.45) is 5.10 Å². The standard InChI is InChI=1S/C17H18BrN3S/c1-11-7-6-10-16(12(11)2)19-17(22)21-20-13(3)14-8-4-5-9-15(14)18/h4-10H,1-3H3,(H2,19,21,22). The fourth-order valence-electron chi connectivity index (χ4n) is 1.99. The maximum absolute atomic E-state index is 5.30. The molecule has 5 heteroatoms. The number of hydrogen-bond acceptors (Lipinski definition) is 2. The van der Waals surface area contributed by atoms with Crippen molar-refractivity contribution in [2.45, 2.75) is 20.8 Å². The summed E-state index contributed by atoms with van der Waals surface area (Å²) in [5, 5.41) is 7.98. The summed E-state index contributed by atoms with van der Waals surface area (Å²) in [4.78, 5) is 0. The van der Waals surface area contributed by atoms with Crippen molar-refractivity contribution in [1.82, 2.24) is 5.43 Å². The second kappa shape index (κ2) is 7.51. The minimum absolute atomic E-state index is 0.472. The first kappa shape index (κ1) is 16.6. The van der Waals surface area contributed by atoms with Crippen LogP contribution in [0.25, 0.3) is 0 Å². The van der Waals surface area contributed by atoms with Crippen molar-refractivity contribution in [1.29, 1.82) is 0 Å². The number of aryl methyl sites for hydroxylation is 1. The molecule has 114 valence electrons. The molecule has 0 amide bonds. The Bertz CT molecular complexity index is 726. The van der Waals surface area contributed by atoms with Crippen LogP contribution in [0, 0.1) is 13.8 Å². The summed E-state index contributed by atoms with van der Waals surface area (Å²) in [6, 6.07) is 14.0. The lowest BCUT2D eigenvalue weighted by molar-refractivity contribution is 1.04. The highest BCUT2D eigenvalue weighted by Gasteiger charge is 2.04. The molecule has 0 aliphatic heterocycles. The van der Waals surface area contributed by atoms with Gasteiger partial charge in [-0.2, -0.15) is 5.10 Å². The number of benzene rings is 2. The number of hydrogen-bond donors (Lipinski definition) is 2. The lowest BCUT2D eigenvalue weighted by Gasteiger charge is -2.12. The van der Waals surface area contributed by atoms with Gasteiger partial charge in [-0.1, -0.05) is 46.3 Å². The molecule has 0 fully saturated rings. The van der Waals surface area contributed by atoms with E-state index < -0.39 is 0 Å². The largest absolute Gasteiger partial charge is 0.331 e. The number of rotatable bonds is 3. The van der Waals surface area contributed by atoms with E-state index in [9.17, 15) is 0 Å². The highest BCUT2D eigenvalue weighted by atomic mass is 79.9. The van der Waals surface area contributed by atoms with Crippen molar-refractivity contribution in [3.05, 3.63) is 63.6 Å². The summed E-state index contributed by atoms with van der Waals surface area (Å²) in [5.41, 5.74) is 8.18. The second-order valence-corrected chi connectivity index (χ2v) is 6.25. The second-order valence-electron chi connectivity index (χ2n) is 4.99. The van der Waals surface area contributed by atoms with E-state index >= 15 is 0 Å². The number of thiocarbonyl (C=S) groups is 1. The Labute approximate surface area is 145 Å². The zero-order chi connectivity index (χ0) is 16.1. The smallest absolute Gasteiger partial charge is 0.191 e. The van der Waals surface area contributed by atoms with E-state index in [4.69, 9.17) is 12.2 Å². The molecule has 0 aliphatic rings. The van der Waals surface area contributed by atoms with Crippen LogP contribution in [0.3, 0.4) is 0 Å². The van der Waals surface area contributed by atoms with Crippen LogP contribution < -0.4 is 10.7 Å². The quantitative estimate of drug-likeness (QED) is 0.460. The van der Waals surface area contributed by atoms with Gasteiger partial charge in [-0.25, -0.2) is 0 Å². The molecule has 3 nitrogen and oxygen atoms in total. The summed E-state index contributed by atoms with van der Waals surface area (Å²) >= 11 is 8.82. The summed E-state index contributed by atoms with van der Waals surface area (Å²) in [5.74, 6) is 0. The predicted octanol–water partition coefficient (Wildman–Crippen LogP) is 4.78. The van der Waals surface area contributed by atoms with Crippen molar-refractivity contribution in [3.8, 4) is 0 Å². The molecule has 22 heavy (non-hydrogen) atoms. The molecule has 0 spiro atoms. The van der Waals surface area contributed by atoms with Gasteiger partial charge in [0.15, 0.2) is 5.11 Å². The molecule has 0 aromatic heterocycles. The van der Waals surface area contributed by atoms with Crippen LogP contribution in [0.4, 0.5) is 5.69 Å². The molecular formula is C17H18BrN3S. The Morgan fingerprint density at radius 1 is 1.09 bits per heavy atom. The molecule has 0 saturated carbocycles. The van der Waals surface area contributed by atoms with Gasteiger partial charge in [0, 0.05) is 15.7 Å². The molecule has 2 aromatic rings. The molecule has 0 aliphatic carbocycles. The summed E-state index contributed by atoms with van der Waals surface area (Å²) in [6.07, 6.45) is 0. The molecule has 0 unspecified atom stereocenters. The van der Waals surface area contributed by atoms with Gasteiger partial charge in [-0.05, 0) is 56.2 Å². The van der Waals surface area contributed by atoms with Crippen LogP contribution >= 0.6 is 28.1 Å². The molecule has 0 heterocycles. The van der Waals surface area contributed by atoms with E-state index in [2.05, 4.69) is 51.7 Å². The molecule has 0 bridgehead atoms. The maximum Gasteiger partial charge on any atom is 0.191 e.